The number of carbonyl (C=O) groups excluding carboxylic acids is 1. The number of hydrogen-bond acceptors (Lipinski definition) is 3. The van der Waals surface area contributed by atoms with E-state index in [1.165, 1.54) is 11.1 Å². The van der Waals surface area contributed by atoms with Crippen LogP contribution >= 0.6 is 0 Å². The molecule has 0 bridgehead atoms. The van der Waals surface area contributed by atoms with Gasteiger partial charge in [0.1, 0.15) is 6.04 Å². The highest BCUT2D eigenvalue weighted by atomic mass is 16.2. The molecule has 1 saturated heterocycles. The molecule has 1 N–H and O–H groups in total. The van der Waals surface area contributed by atoms with E-state index in [4.69, 9.17) is 6.42 Å². The standard InChI is InChI=1S/C17H17N3O/c1-2-14-7-8-15(10-18)20(14)17(21)16-9-12-5-3-4-6-13(12)11-19-16/h1,3-6,14-16,19H,7-9,11H2/t14-,15+,16-/m0/s1. The maximum absolute atomic E-state index is 12.8. The number of fused-ring (bicyclic) bond motifs is 1. The van der Waals surface area contributed by atoms with Crippen molar-refractivity contribution in [1.29, 1.82) is 5.26 Å². The smallest absolute Gasteiger partial charge is 0.242 e. The number of hydrogen-bond donors (Lipinski definition) is 1. The van der Waals surface area contributed by atoms with E-state index in [0.717, 1.165) is 0 Å². The van der Waals surface area contributed by atoms with Gasteiger partial charge in [-0.3, -0.25) is 4.79 Å². The number of nitriles is 1. The summed E-state index contributed by atoms with van der Waals surface area (Å²) < 4.78 is 0. The maximum atomic E-state index is 12.8. The fourth-order valence-electron chi connectivity index (χ4n) is 3.22. The van der Waals surface area contributed by atoms with E-state index in [-0.39, 0.29) is 18.0 Å². The van der Waals surface area contributed by atoms with E-state index in [1.54, 1.807) is 4.90 Å². The number of carbonyl (C=O) groups is 1. The average molecular weight is 279 g/mol. The third-order valence-corrected chi connectivity index (χ3v) is 4.36. The van der Waals surface area contributed by atoms with Crippen LogP contribution in [0, 0.1) is 23.7 Å². The topological polar surface area (TPSA) is 56.1 Å². The zero-order chi connectivity index (χ0) is 14.8. The van der Waals surface area contributed by atoms with Gasteiger partial charge in [0.15, 0.2) is 0 Å². The summed E-state index contributed by atoms with van der Waals surface area (Å²) in [5.41, 5.74) is 2.42. The first-order valence-electron chi connectivity index (χ1n) is 7.22. The molecule has 0 aromatic heterocycles. The van der Waals surface area contributed by atoms with Gasteiger partial charge in [0, 0.05) is 6.54 Å². The van der Waals surface area contributed by atoms with Crippen molar-refractivity contribution in [3.8, 4) is 18.4 Å². The Labute approximate surface area is 124 Å². The Balaban J connectivity index is 1.80. The van der Waals surface area contributed by atoms with Crippen molar-refractivity contribution in [3.63, 3.8) is 0 Å². The van der Waals surface area contributed by atoms with E-state index in [2.05, 4.69) is 29.4 Å². The molecule has 1 amide bonds. The molecule has 0 saturated carbocycles. The first kappa shape index (κ1) is 13.7. The third kappa shape index (κ3) is 2.39. The lowest BCUT2D eigenvalue weighted by Crippen LogP contribution is -2.52. The molecule has 0 spiro atoms. The Bertz CT molecular complexity index is 618. The normalized spacial score (nSPS) is 27.5. The predicted molar refractivity (Wildman–Crippen MR) is 78.9 cm³/mol. The third-order valence-electron chi connectivity index (χ3n) is 4.36. The summed E-state index contributed by atoms with van der Waals surface area (Å²) in [4.78, 5) is 14.4. The molecule has 4 nitrogen and oxygen atoms in total. The Morgan fingerprint density at radius 2 is 2.00 bits per heavy atom. The molecule has 21 heavy (non-hydrogen) atoms. The molecule has 106 valence electrons. The Kier molecular flexibility index (Phi) is 3.64. The van der Waals surface area contributed by atoms with Gasteiger partial charge in [-0.15, -0.1) is 6.42 Å². The lowest BCUT2D eigenvalue weighted by atomic mass is 9.95. The highest BCUT2D eigenvalue weighted by Gasteiger charge is 2.39. The molecular formula is C17H17N3O. The summed E-state index contributed by atoms with van der Waals surface area (Å²) in [5.74, 6) is 2.60. The fraction of sp³-hybridized carbons (Fsp3) is 0.412. The van der Waals surface area contributed by atoms with Crippen LogP contribution in [0.3, 0.4) is 0 Å². The van der Waals surface area contributed by atoms with E-state index in [0.29, 0.717) is 25.8 Å². The minimum absolute atomic E-state index is 0.0449. The first-order valence-corrected chi connectivity index (χ1v) is 7.22. The SMILES string of the molecule is C#C[C@H]1CC[C@H](C#N)N1C(=O)[C@@H]1Cc2ccccc2CN1. The minimum Gasteiger partial charge on any atom is -0.311 e. The number of terminal acetylenes is 1. The monoisotopic (exact) mass is 279 g/mol. The summed E-state index contributed by atoms with van der Waals surface area (Å²) in [6, 6.07) is 9.39. The van der Waals surface area contributed by atoms with Crippen molar-refractivity contribution in [1.82, 2.24) is 10.2 Å². The average Bonchev–Trinajstić information content (AvgIpc) is 2.96. The van der Waals surface area contributed by atoms with Crippen molar-refractivity contribution in [2.75, 3.05) is 0 Å². The number of amides is 1. The number of benzene rings is 1. The molecule has 1 fully saturated rings. The van der Waals surface area contributed by atoms with Crippen molar-refractivity contribution in [2.24, 2.45) is 0 Å². The van der Waals surface area contributed by atoms with Crippen LogP contribution in [0.4, 0.5) is 0 Å². The lowest BCUT2D eigenvalue weighted by molar-refractivity contribution is -0.134. The lowest BCUT2D eigenvalue weighted by Gasteiger charge is -2.32. The number of likely N-dealkylation sites (tertiary alicyclic amines) is 1. The van der Waals surface area contributed by atoms with Gasteiger partial charge in [0.25, 0.3) is 0 Å². The number of rotatable bonds is 1. The molecule has 0 aliphatic carbocycles. The molecule has 2 aliphatic heterocycles. The van der Waals surface area contributed by atoms with Crippen molar-refractivity contribution >= 4 is 5.91 Å². The van der Waals surface area contributed by atoms with E-state index in [1.807, 2.05) is 12.1 Å². The second-order valence-electron chi connectivity index (χ2n) is 5.56. The quantitative estimate of drug-likeness (QED) is 0.786. The molecule has 2 heterocycles. The summed E-state index contributed by atoms with van der Waals surface area (Å²) in [5, 5.41) is 12.5. The van der Waals surface area contributed by atoms with Gasteiger partial charge in [-0.05, 0) is 30.4 Å². The van der Waals surface area contributed by atoms with Crippen LogP contribution in [-0.4, -0.2) is 28.9 Å². The largest absolute Gasteiger partial charge is 0.311 e. The number of nitrogens with zero attached hydrogens (tertiary/aromatic N) is 2. The van der Waals surface area contributed by atoms with Gasteiger partial charge >= 0.3 is 0 Å². The number of nitrogens with one attached hydrogen (secondary N) is 1. The maximum Gasteiger partial charge on any atom is 0.242 e. The van der Waals surface area contributed by atoms with Crippen molar-refractivity contribution in [3.05, 3.63) is 35.4 Å². The van der Waals surface area contributed by atoms with Crippen LogP contribution in [0.2, 0.25) is 0 Å². The van der Waals surface area contributed by atoms with Gasteiger partial charge in [-0.25, -0.2) is 0 Å². The van der Waals surface area contributed by atoms with Gasteiger partial charge in [0.05, 0.1) is 18.2 Å². The Morgan fingerprint density at radius 3 is 2.71 bits per heavy atom. The Hall–Kier alpha value is -2.30. The van der Waals surface area contributed by atoms with Crippen LogP contribution in [-0.2, 0) is 17.8 Å². The molecule has 3 atom stereocenters. The van der Waals surface area contributed by atoms with Gasteiger partial charge in [-0.1, -0.05) is 30.2 Å². The molecule has 3 rings (SSSR count). The van der Waals surface area contributed by atoms with Gasteiger partial charge in [-0.2, -0.15) is 5.26 Å². The van der Waals surface area contributed by atoms with Gasteiger partial charge < -0.3 is 10.2 Å². The molecule has 2 aliphatic rings. The minimum atomic E-state index is -0.391. The molecule has 1 aromatic carbocycles. The second kappa shape index (κ2) is 5.60. The second-order valence-corrected chi connectivity index (χ2v) is 5.56. The van der Waals surface area contributed by atoms with Crippen molar-refractivity contribution in [2.45, 2.75) is 43.9 Å². The first-order chi connectivity index (χ1) is 10.2. The summed E-state index contributed by atoms with van der Waals surface area (Å²) in [6.07, 6.45) is 7.54. The molecule has 0 unspecified atom stereocenters. The van der Waals surface area contributed by atoms with E-state index in [9.17, 15) is 10.1 Å². The zero-order valence-electron chi connectivity index (χ0n) is 11.7. The zero-order valence-corrected chi connectivity index (χ0v) is 11.7. The summed E-state index contributed by atoms with van der Waals surface area (Å²) in [7, 11) is 0. The molecular weight excluding hydrogens is 262 g/mol. The van der Waals surface area contributed by atoms with E-state index < -0.39 is 6.04 Å². The van der Waals surface area contributed by atoms with Crippen LogP contribution in [0.5, 0.6) is 0 Å². The highest BCUT2D eigenvalue weighted by Crippen LogP contribution is 2.26. The molecule has 4 heteroatoms. The summed E-state index contributed by atoms with van der Waals surface area (Å²) >= 11 is 0. The fourth-order valence-corrected chi connectivity index (χ4v) is 3.22. The highest BCUT2D eigenvalue weighted by molar-refractivity contribution is 5.84. The van der Waals surface area contributed by atoms with Crippen molar-refractivity contribution < 1.29 is 4.79 Å². The molecule has 0 radical (unpaired) electrons. The predicted octanol–water partition coefficient (Wildman–Crippen LogP) is 1.22. The van der Waals surface area contributed by atoms with E-state index >= 15 is 0 Å². The summed E-state index contributed by atoms with van der Waals surface area (Å²) in [6.45, 7) is 0.679. The van der Waals surface area contributed by atoms with Crippen LogP contribution in [0.1, 0.15) is 24.0 Å². The van der Waals surface area contributed by atoms with Crippen LogP contribution in [0.15, 0.2) is 24.3 Å². The van der Waals surface area contributed by atoms with Crippen LogP contribution in [0.25, 0.3) is 0 Å². The van der Waals surface area contributed by atoms with Gasteiger partial charge in [0.2, 0.25) is 5.91 Å². The Morgan fingerprint density at radius 1 is 1.29 bits per heavy atom. The molecule has 1 aromatic rings. The van der Waals surface area contributed by atoms with Crippen LogP contribution < -0.4 is 5.32 Å².